The third kappa shape index (κ3) is 7.57. The number of rotatable bonds is 7. The van der Waals surface area contributed by atoms with E-state index in [0.717, 1.165) is 38.7 Å². The van der Waals surface area contributed by atoms with Crippen LogP contribution >= 0.6 is 24.0 Å². The van der Waals surface area contributed by atoms with Crippen molar-refractivity contribution in [3.63, 3.8) is 0 Å². The van der Waals surface area contributed by atoms with Crippen LogP contribution in [0.25, 0.3) is 0 Å². The molecule has 2 aliphatic heterocycles. The summed E-state index contributed by atoms with van der Waals surface area (Å²) in [5, 5.41) is 7.00. The van der Waals surface area contributed by atoms with Crippen molar-refractivity contribution in [2.75, 3.05) is 57.8 Å². The Morgan fingerprint density at radius 3 is 2.67 bits per heavy atom. The van der Waals surface area contributed by atoms with E-state index in [1.54, 1.807) is 0 Å². The van der Waals surface area contributed by atoms with E-state index >= 15 is 0 Å². The molecule has 0 radical (unpaired) electrons. The molecule has 170 valence electrons. The fourth-order valence-corrected chi connectivity index (χ4v) is 4.25. The molecule has 2 N–H and O–H groups in total. The summed E-state index contributed by atoms with van der Waals surface area (Å²) in [5.74, 6) is 1.52. The molecule has 2 heterocycles. The molecule has 0 saturated carbocycles. The van der Waals surface area contributed by atoms with Gasteiger partial charge in [0.15, 0.2) is 5.96 Å². The van der Waals surface area contributed by atoms with E-state index in [0.29, 0.717) is 5.92 Å². The topological polar surface area (TPSA) is 52.1 Å². The summed E-state index contributed by atoms with van der Waals surface area (Å²) in [7, 11) is 1.83. The van der Waals surface area contributed by atoms with E-state index in [1.807, 2.05) is 7.05 Å². The monoisotopic (exact) mass is 529 g/mol. The van der Waals surface area contributed by atoms with Crippen LogP contribution in [0.1, 0.15) is 45.2 Å². The number of morpholine rings is 1. The van der Waals surface area contributed by atoms with E-state index in [4.69, 9.17) is 4.74 Å². The number of hydrogen-bond acceptors (Lipinski definition) is 4. The standard InChI is InChI=1S/C23H39N5O.HI/c1-18(2)16-27-12-13-29-22(17-27)15-25-23(24-4)26-19(3)20-8-7-9-21(14-20)28-10-5-6-11-28;/h7-9,14,18-19,22H,5-6,10-13,15-17H2,1-4H3,(H2,24,25,26);1H. The van der Waals surface area contributed by atoms with Crippen molar-refractivity contribution < 1.29 is 4.74 Å². The maximum atomic E-state index is 5.95. The molecule has 7 heteroatoms. The van der Waals surface area contributed by atoms with Gasteiger partial charge in [0.2, 0.25) is 0 Å². The molecule has 1 aromatic rings. The van der Waals surface area contributed by atoms with E-state index in [-0.39, 0.29) is 36.1 Å². The Morgan fingerprint density at radius 1 is 1.20 bits per heavy atom. The van der Waals surface area contributed by atoms with Crippen molar-refractivity contribution in [1.29, 1.82) is 0 Å². The normalized spacial score (nSPS) is 21.4. The smallest absolute Gasteiger partial charge is 0.191 e. The molecule has 2 fully saturated rings. The summed E-state index contributed by atoms with van der Waals surface area (Å²) in [6, 6.07) is 9.07. The molecule has 2 unspecified atom stereocenters. The molecule has 6 nitrogen and oxygen atoms in total. The van der Waals surface area contributed by atoms with Crippen LogP contribution in [-0.2, 0) is 4.74 Å². The molecule has 0 amide bonds. The number of guanidine groups is 1. The van der Waals surface area contributed by atoms with Crippen molar-refractivity contribution in [3.05, 3.63) is 29.8 Å². The highest BCUT2D eigenvalue weighted by Crippen LogP contribution is 2.23. The van der Waals surface area contributed by atoms with Gasteiger partial charge in [-0.15, -0.1) is 24.0 Å². The summed E-state index contributed by atoms with van der Waals surface area (Å²) < 4.78 is 5.95. The van der Waals surface area contributed by atoms with Crippen molar-refractivity contribution in [3.8, 4) is 0 Å². The molecule has 0 aromatic heterocycles. The fraction of sp³-hybridized carbons (Fsp3) is 0.696. The van der Waals surface area contributed by atoms with Crippen LogP contribution in [0, 0.1) is 5.92 Å². The lowest BCUT2D eigenvalue weighted by atomic mass is 10.1. The molecule has 0 bridgehead atoms. The molecule has 1 aromatic carbocycles. The second-order valence-corrected chi connectivity index (χ2v) is 8.75. The van der Waals surface area contributed by atoms with Gasteiger partial charge < -0.3 is 20.3 Å². The number of anilines is 1. The molecule has 0 aliphatic carbocycles. The van der Waals surface area contributed by atoms with Gasteiger partial charge in [-0.05, 0) is 43.4 Å². The Kier molecular flexibility index (Phi) is 10.7. The minimum atomic E-state index is 0. The van der Waals surface area contributed by atoms with Gasteiger partial charge in [0.25, 0.3) is 0 Å². The molecular formula is C23H40IN5O. The number of hydrogen-bond donors (Lipinski definition) is 2. The van der Waals surface area contributed by atoms with Crippen LogP contribution in [0.3, 0.4) is 0 Å². The maximum absolute atomic E-state index is 5.95. The highest BCUT2D eigenvalue weighted by Gasteiger charge is 2.21. The van der Waals surface area contributed by atoms with Gasteiger partial charge in [-0.2, -0.15) is 0 Å². The summed E-state index contributed by atoms with van der Waals surface area (Å²) in [4.78, 5) is 9.40. The summed E-state index contributed by atoms with van der Waals surface area (Å²) in [6.45, 7) is 13.8. The number of nitrogens with zero attached hydrogens (tertiary/aromatic N) is 3. The summed E-state index contributed by atoms with van der Waals surface area (Å²) in [5.41, 5.74) is 2.62. The van der Waals surface area contributed by atoms with Crippen LogP contribution in [-0.4, -0.2) is 69.9 Å². The fourth-order valence-electron chi connectivity index (χ4n) is 4.25. The first kappa shape index (κ1) is 25.2. The summed E-state index contributed by atoms with van der Waals surface area (Å²) in [6.07, 6.45) is 2.80. The number of benzene rings is 1. The zero-order chi connectivity index (χ0) is 20.6. The van der Waals surface area contributed by atoms with E-state index in [9.17, 15) is 0 Å². The van der Waals surface area contributed by atoms with Crippen LogP contribution < -0.4 is 15.5 Å². The number of halogens is 1. The van der Waals surface area contributed by atoms with Gasteiger partial charge in [0.1, 0.15) is 0 Å². The lowest BCUT2D eigenvalue weighted by Gasteiger charge is -2.34. The maximum Gasteiger partial charge on any atom is 0.191 e. The van der Waals surface area contributed by atoms with Crippen molar-refractivity contribution in [2.45, 2.75) is 45.8 Å². The molecular weight excluding hydrogens is 489 g/mol. The molecule has 2 aliphatic rings. The van der Waals surface area contributed by atoms with Crippen molar-refractivity contribution in [2.24, 2.45) is 10.9 Å². The second kappa shape index (κ2) is 12.7. The largest absolute Gasteiger partial charge is 0.374 e. The first-order chi connectivity index (χ1) is 14.0. The van der Waals surface area contributed by atoms with Gasteiger partial charge >= 0.3 is 0 Å². The van der Waals surface area contributed by atoms with E-state index in [2.05, 4.69) is 70.5 Å². The third-order valence-electron chi connectivity index (χ3n) is 5.76. The highest BCUT2D eigenvalue weighted by molar-refractivity contribution is 14.0. The molecule has 3 rings (SSSR count). The van der Waals surface area contributed by atoms with Gasteiger partial charge in [-0.3, -0.25) is 9.89 Å². The Hall–Kier alpha value is -1.06. The Labute approximate surface area is 199 Å². The van der Waals surface area contributed by atoms with Gasteiger partial charge in [0, 0.05) is 52.0 Å². The third-order valence-corrected chi connectivity index (χ3v) is 5.76. The average molecular weight is 530 g/mol. The Balaban J connectivity index is 0.00000320. The zero-order valence-electron chi connectivity index (χ0n) is 19.1. The van der Waals surface area contributed by atoms with Gasteiger partial charge in [-0.1, -0.05) is 26.0 Å². The molecule has 0 spiro atoms. The Morgan fingerprint density at radius 2 is 1.97 bits per heavy atom. The van der Waals surface area contributed by atoms with Crippen LogP contribution in [0.5, 0.6) is 0 Å². The second-order valence-electron chi connectivity index (χ2n) is 8.75. The molecule has 2 saturated heterocycles. The lowest BCUT2D eigenvalue weighted by Crippen LogP contribution is -2.50. The summed E-state index contributed by atoms with van der Waals surface area (Å²) >= 11 is 0. The first-order valence-electron chi connectivity index (χ1n) is 11.2. The Bertz CT molecular complexity index is 663. The first-order valence-corrected chi connectivity index (χ1v) is 11.2. The average Bonchev–Trinajstić information content (AvgIpc) is 3.26. The molecule has 2 atom stereocenters. The van der Waals surface area contributed by atoms with Gasteiger partial charge in [-0.25, -0.2) is 0 Å². The SMILES string of the molecule is CN=C(NCC1CN(CC(C)C)CCO1)NC(C)c1cccc(N2CCCC2)c1.I. The molecule has 30 heavy (non-hydrogen) atoms. The van der Waals surface area contributed by atoms with Crippen molar-refractivity contribution in [1.82, 2.24) is 15.5 Å². The predicted octanol–water partition coefficient (Wildman–Crippen LogP) is 3.49. The van der Waals surface area contributed by atoms with Crippen LogP contribution in [0.2, 0.25) is 0 Å². The minimum absolute atomic E-state index is 0. The van der Waals surface area contributed by atoms with Crippen LogP contribution in [0.4, 0.5) is 5.69 Å². The van der Waals surface area contributed by atoms with Crippen LogP contribution in [0.15, 0.2) is 29.3 Å². The van der Waals surface area contributed by atoms with E-state index < -0.39 is 0 Å². The minimum Gasteiger partial charge on any atom is -0.374 e. The lowest BCUT2D eigenvalue weighted by molar-refractivity contribution is -0.0284. The number of nitrogens with one attached hydrogen (secondary N) is 2. The quantitative estimate of drug-likeness (QED) is 0.322. The van der Waals surface area contributed by atoms with Gasteiger partial charge in [0.05, 0.1) is 18.8 Å². The van der Waals surface area contributed by atoms with E-state index in [1.165, 1.54) is 37.2 Å². The predicted molar refractivity (Wildman–Crippen MR) is 137 cm³/mol. The van der Waals surface area contributed by atoms with Crippen molar-refractivity contribution >= 4 is 35.6 Å². The zero-order valence-corrected chi connectivity index (χ0v) is 21.4. The number of aliphatic imine (C=N–C) groups is 1. The highest BCUT2D eigenvalue weighted by atomic mass is 127. The number of ether oxygens (including phenoxy) is 1.